The number of carbonyl (C=O) groups excluding carboxylic acids is 4. The molecule has 21 heavy (non-hydrogen) atoms. The molecule has 8 heteroatoms. The largest absolute Gasteiger partial charge is 0.363 e. The van der Waals surface area contributed by atoms with E-state index in [0.717, 1.165) is 12.2 Å². The van der Waals surface area contributed by atoms with Gasteiger partial charge in [0.05, 0.1) is 9.99 Å². The van der Waals surface area contributed by atoms with Gasteiger partial charge in [-0.1, -0.05) is 27.7 Å². The van der Waals surface area contributed by atoms with Crippen LogP contribution in [0.15, 0.2) is 36.4 Å². The number of imide groups is 1. The van der Waals surface area contributed by atoms with Gasteiger partial charge in [0.25, 0.3) is 11.8 Å². The van der Waals surface area contributed by atoms with Gasteiger partial charge in [-0.3, -0.25) is 14.4 Å². The van der Waals surface area contributed by atoms with Crippen molar-refractivity contribution in [2.24, 2.45) is 0 Å². The van der Waals surface area contributed by atoms with E-state index in [1.54, 1.807) is 0 Å². The summed E-state index contributed by atoms with van der Waals surface area (Å²) < 4.78 is 0.313. The highest BCUT2D eigenvalue weighted by atomic mass is 127. The molecule has 1 aromatic carbocycles. The van der Waals surface area contributed by atoms with E-state index >= 15 is 0 Å². The van der Waals surface area contributed by atoms with Crippen LogP contribution in [-0.4, -0.2) is 33.2 Å². The molecule has 1 aliphatic rings. The molecule has 1 N–H and O–H groups in total. The molecule has 0 unspecified atom stereocenters. The van der Waals surface area contributed by atoms with Crippen molar-refractivity contribution in [2.45, 2.75) is 0 Å². The quantitative estimate of drug-likeness (QED) is 0.464. The number of nitrogens with zero attached hydrogens (tertiary/aromatic N) is 1. The minimum absolute atomic E-state index is 0.148. The van der Waals surface area contributed by atoms with Crippen LogP contribution in [0, 0.1) is 0 Å². The Kier molecular flexibility index (Phi) is 4.68. The summed E-state index contributed by atoms with van der Waals surface area (Å²) >= 11 is 1.93. The van der Waals surface area contributed by atoms with E-state index in [2.05, 4.69) is 5.32 Å². The second-order valence-corrected chi connectivity index (χ2v) is 4.70. The number of amides is 3. The zero-order valence-corrected chi connectivity index (χ0v) is 12.7. The van der Waals surface area contributed by atoms with Crippen molar-refractivity contribution < 1.29 is 24.0 Å². The maximum absolute atomic E-state index is 11.8. The van der Waals surface area contributed by atoms with Crippen molar-refractivity contribution in [3.63, 3.8) is 0 Å². The molecule has 0 bridgehead atoms. The average Bonchev–Trinajstić information content (AvgIpc) is 2.79. The van der Waals surface area contributed by atoms with E-state index in [0.29, 0.717) is 15.2 Å². The first kappa shape index (κ1) is 15.2. The molecule has 3 amide bonds. The molecular formula is C13H9IN2O5. The number of hydrogen-bond donors (Lipinski definition) is 1. The normalized spacial score (nSPS) is 13.5. The van der Waals surface area contributed by atoms with Crippen LogP contribution >= 0.6 is 22.6 Å². The Morgan fingerprint density at radius 1 is 1.10 bits per heavy atom. The van der Waals surface area contributed by atoms with Crippen LogP contribution in [0.4, 0.5) is 5.69 Å². The lowest BCUT2D eigenvalue weighted by atomic mass is 10.2. The Balaban J connectivity index is 2.02. The van der Waals surface area contributed by atoms with Crippen LogP contribution in [-0.2, 0) is 19.2 Å². The van der Waals surface area contributed by atoms with Gasteiger partial charge in [-0.15, -0.1) is 0 Å². The number of halogens is 1. The van der Waals surface area contributed by atoms with Crippen molar-refractivity contribution >= 4 is 52.0 Å². The fourth-order valence-corrected chi connectivity index (χ4v) is 1.69. The first-order chi connectivity index (χ1) is 10.0. The first-order valence-electron chi connectivity index (χ1n) is 5.75. The fourth-order valence-electron chi connectivity index (χ4n) is 1.50. The topological polar surface area (TPSA) is 92.8 Å². The summed E-state index contributed by atoms with van der Waals surface area (Å²) in [6.45, 7) is 0. The lowest BCUT2D eigenvalue weighted by Crippen LogP contribution is -2.32. The van der Waals surface area contributed by atoms with E-state index in [4.69, 9.17) is 4.84 Å². The molecule has 1 aliphatic heterocycles. The van der Waals surface area contributed by atoms with E-state index in [9.17, 15) is 19.2 Å². The second kappa shape index (κ2) is 6.48. The molecule has 0 spiro atoms. The molecule has 0 radical (unpaired) electrons. The monoisotopic (exact) mass is 400 g/mol. The number of hydrogen-bond acceptors (Lipinski definition) is 5. The molecule has 1 heterocycles. The van der Waals surface area contributed by atoms with Gasteiger partial charge < -0.3 is 10.2 Å². The molecule has 0 aromatic heterocycles. The first-order valence-corrected chi connectivity index (χ1v) is 7.28. The molecule has 108 valence electrons. The van der Waals surface area contributed by atoms with E-state index in [-0.39, 0.29) is 11.5 Å². The number of rotatable bonds is 4. The lowest BCUT2D eigenvalue weighted by molar-refractivity contribution is -0.170. The van der Waals surface area contributed by atoms with Crippen molar-refractivity contribution in [1.29, 1.82) is 0 Å². The molecular weight excluding hydrogens is 391 g/mol. The molecule has 2 rings (SSSR count). The summed E-state index contributed by atoms with van der Waals surface area (Å²) in [4.78, 5) is 50.2. The Hall–Kier alpha value is -2.23. The minimum Gasteiger partial charge on any atom is -0.325 e. The van der Waals surface area contributed by atoms with Crippen molar-refractivity contribution in [3.8, 4) is 0 Å². The third kappa shape index (κ3) is 3.66. The highest BCUT2D eigenvalue weighted by Gasteiger charge is 2.28. The van der Waals surface area contributed by atoms with E-state index in [1.807, 2.05) is 22.6 Å². The van der Waals surface area contributed by atoms with Gasteiger partial charge in [-0.05, 0) is 24.3 Å². The molecule has 0 saturated carbocycles. The fraction of sp³-hybridized carbons (Fsp3) is 0.0769. The number of anilines is 1. The highest BCUT2D eigenvalue weighted by Crippen LogP contribution is 2.13. The smallest absolute Gasteiger partial charge is 0.325 e. The standard InChI is InChI=1S/C13H9IN2O5/c14-7-10(17)15-9-3-1-8(2-4-9)13(20)21-16-11(18)5-6-12(16)19/h1-6H,7H2,(H,15,17). The molecule has 0 saturated heterocycles. The number of nitrogens with one attached hydrogen (secondary N) is 1. The summed E-state index contributed by atoms with van der Waals surface area (Å²) in [5.41, 5.74) is 0.679. The maximum atomic E-state index is 11.8. The zero-order valence-electron chi connectivity index (χ0n) is 10.5. The van der Waals surface area contributed by atoms with Crippen molar-refractivity contribution in [3.05, 3.63) is 42.0 Å². The predicted octanol–water partition coefficient (Wildman–Crippen LogP) is 1.06. The molecule has 0 atom stereocenters. The van der Waals surface area contributed by atoms with Gasteiger partial charge in [-0.2, -0.15) is 0 Å². The third-order valence-corrected chi connectivity index (χ3v) is 3.16. The van der Waals surface area contributed by atoms with Crippen molar-refractivity contribution in [2.75, 3.05) is 9.74 Å². The van der Waals surface area contributed by atoms with Gasteiger partial charge in [0.15, 0.2) is 0 Å². The summed E-state index contributed by atoms with van der Waals surface area (Å²) in [5.74, 6) is -2.42. The molecule has 0 aliphatic carbocycles. The summed E-state index contributed by atoms with van der Waals surface area (Å²) in [5, 5.41) is 3.00. The summed E-state index contributed by atoms with van der Waals surface area (Å²) in [6.07, 6.45) is 2.02. The number of benzene rings is 1. The Morgan fingerprint density at radius 2 is 1.67 bits per heavy atom. The molecule has 0 fully saturated rings. The Bertz CT molecular complexity index is 620. The van der Waals surface area contributed by atoms with E-state index in [1.165, 1.54) is 24.3 Å². The summed E-state index contributed by atoms with van der Waals surface area (Å²) in [7, 11) is 0. The van der Waals surface area contributed by atoms with Crippen LogP contribution in [0.25, 0.3) is 0 Å². The van der Waals surface area contributed by atoms with E-state index < -0.39 is 17.8 Å². The Labute approximate surface area is 133 Å². The minimum atomic E-state index is -0.841. The molecule has 1 aromatic rings. The van der Waals surface area contributed by atoms with Gasteiger partial charge >= 0.3 is 5.97 Å². The zero-order chi connectivity index (χ0) is 15.4. The van der Waals surface area contributed by atoms with Gasteiger partial charge in [-0.25, -0.2) is 4.79 Å². The summed E-state index contributed by atoms with van der Waals surface area (Å²) in [6, 6.07) is 5.88. The number of carbonyl (C=O) groups is 4. The third-order valence-electron chi connectivity index (χ3n) is 2.47. The van der Waals surface area contributed by atoms with Crippen LogP contribution in [0.5, 0.6) is 0 Å². The number of alkyl halides is 1. The van der Waals surface area contributed by atoms with Gasteiger partial charge in [0, 0.05) is 17.8 Å². The average molecular weight is 400 g/mol. The maximum Gasteiger partial charge on any atom is 0.363 e. The second-order valence-electron chi connectivity index (χ2n) is 3.94. The predicted molar refractivity (Wildman–Crippen MR) is 80.4 cm³/mol. The van der Waals surface area contributed by atoms with Gasteiger partial charge in [0.2, 0.25) is 5.91 Å². The highest BCUT2D eigenvalue weighted by molar-refractivity contribution is 14.1. The van der Waals surface area contributed by atoms with Crippen molar-refractivity contribution in [1.82, 2.24) is 5.06 Å². The van der Waals surface area contributed by atoms with Crippen LogP contribution < -0.4 is 5.32 Å². The SMILES string of the molecule is O=C(CI)Nc1ccc(C(=O)ON2C(=O)C=CC2=O)cc1. The van der Waals surface area contributed by atoms with Crippen LogP contribution in [0.3, 0.4) is 0 Å². The van der Waals surface area contributed by atoms with Crippen LogP contribution in [0.1, 0.15) is 10.4 Å². The van der Waals surface area contributed by atoms with Gasteiger partial charge in [0.1, 0.15) is 0 Å². The lowest BCUT2D eigenvalue weighted by Gasteiger charge is -2.12. The molecule has 7 nitrogen and oxygen atoms in total. The number of hydroxylamine groups is 2. The Morgan fingerprint density at radius 3 is 2.19 bits per heavy atom. The van der Waals surface area contributed by atoms with Crippen LogP contribution in [0.2, 0.25) is 0 Å².